The van der Waals surface area contributed by atoms with Gasteiger partial charge in [-0.25, -0.2) is 4.39 Å². The van der Waals surface area contributed by atoms with Crippen molar-refractivity contribution in [3.05, 3.63) is 83.9 Å². The Bertz CT molecular complexity index is 1300. The Labute approximate surface area is 241 Å². The van der Waals surface area contributed by atoms with E-state index in [4.69, 9.17) is 9.47 Å². The van der Waals surface area contributed by atoms with Crippen LogP contribution in [0.3, 0.4) is 0 Å². The van der Waals surface area contributed by atoms with Crippen molar-refractivity contribution in [3.63, 3.8) is 0 Å². The van der Waals surface area contributed by atoms with Crippen LogP contribution < -0.4 is 14.4 Å². The van der Waals surface area contributed by atoms with Crippen LogP contribution >= 0.6 is 0 Å². The lowest BCUT2D eigenvalue weighted by Gasteiger charge is -2.32. The SMILES string of the molecule is COc1ccccc1OCC(=O)N1CCCN(CC(C)C)CCCN(C(=O)c2cccnc2)c2ccc(F)cc2C1. The van der Waals surface area contributed by atoms with E-state index >= 15 is 0 Å². The number of amides is 2. The van der Waals surface area contributed by atoms with Gasteiger partial charge in [0.05, 0.1) is 12.7 Å². The molecule has 0 unspecified atom stereocenters. The zero-order chi connectivity index (χ0) is 29.2. The summed E-state index contributed by atoms with van der Waals surface area (Å²) in [7, 11) is 1.55. The third-order valence-corrected chi connectivity index (χ3v) is 7.00. The lowest BCUT2D eigenvalue weighted by molar-refractivity contribution is -0.134. The molecule has 9 heteroatoms. The summed E-state index contributed by atoms with van der Waals surface area (Å²) in [4.78, 5) is 37.2. The molecule has 0 bridgehead atoms. The molecule has 0 saturated carbocycles. The average Bonchev–Trinajstić information content (AvgIpc) is 2.97. The molecule has 2 heterocycles. The van der Waals surface area contributed by atoms with Crippen LogP contribution in [0.15, 0.2) is 67.0 Å². The van der Waals surface area contributed by atoms with E-state index in [0.717, 1.165) is 32.5 Å². The second kappa shape index (κ2) is 14.6. The van der Waals surface area contributed by atoms with E-state index < -0.39 is 5.82 Å². The molecule has 1 aliphatic heterocycles. The van der Waals surface area contributed by atoms with E-state index in [1.807, 2.05) is 12.1 Å². The van der Waals surface area contributed by atoms with Gasteiger partial charge in [0.2, 0.25) is 0 Å². The minimum absolute atomic E-state index is 0.141. The van der Waals surface area contributed by atoms with Crippen LogP contribution in [0.4, 0.5) is 10.1 Å². The van der Waals surface area contributed by atoms with Crippen LogP contribution in [0, 0.1) is 11.7 Å². The van der Waals surface area contributed by atoms with Gasteiger partial charge < -0.3 is 24.2 Å². The molecule has 4 rings (SSSR count). The molecule has 8 nitrogen and oxygen atoms in total. The highest BCUT2D eigenvalue weighted by atomic mass is 19.1. The number of nitrogens with zero attached hydrogens (tertiary/aromatic N) is 4. The fourth-order valence-electron chi connectivity index (χ4n) is 5.14. The van der Waals surface area contributed by atoms with Gasteiger partial charge in [0.25, 0.3) is 11.8 Å². The number of hydrogen-bond acceptors (Lipinski definition) is 6. The summed E-state index contributed by atoms with van der Waals surface area (Å²) >= 11 is 0. The highest BCUT2D eigenvalue weighted by Crippen LogP contribution is 2.28. The van der Waals surface area contributed by atoms with Gasteiger partial charge in [0.15, 0.2) is 18.1 Å². The summed E-state index contributed by atoms with van der Waals surface area (Å²) in [6.07, 6.45) is 4.68. The number of pyridine rings is 1. The summed E-state index contributed by atoms with van der Waals surface area (Å²) in [5.41, 5.74) is 1.60. The summed E-state index contributed by atoms with van der Waals surface area (Å²) in [6.45, 7) is 7.76. The van der Waals surface area contributed by atoms with Crippen molar-refractivity contribution in [2.24, 2.45) is 5.92 Å². The third-order valence-electron chi connectivity index (χ3n) is 7.00. The Morgan fingerprint density at radius 3 is 2.44 bits per heavy atom. The molecule has 218 valence electrons. The van der Waals surface area contributed by atoms with Gasteiger partial charge >= 0.3 is 0 Å². The van der Waals surface area contributed by atoms with E-state index in [2.05, 4.69) is 23.7 Å². The maximum absolute atomic E-state index is 14.6. The van der Waals surface area contributed by atoms with E-state index in [9.17, 15) is 14.0 Å². The van der Waals surface area contributed by atoms with E-state index in [-0.39, 0.29) is 25.0 Å². The van der Waals surface area contributed by atoms with Gasteiger partial charge in [-0.2, -0.15) is 0 Å². The number of rotatable bonds is 7. The smallest absolute Gasteiger partial charge is 0.260 e. The molecule has 3 aromatic rings. The number of para-hydroxylation sites is 2. The van der Waals surface area contributed by atoms with Gasteiger partial charge in [0, 0.05) is 44.3 Å². The van der Waals surface area contributed by atoms with Crippen molar-refractivity contribution in [2.45, 2.75) is 33.2 Å². The number of methoxy groups -OCH3 is 1. The molecule has 0 radical (unpaired) electrons. The van der Waals surface area contributed by atoms with Crippen molar-refractivity contribution in [1.29, 1.82) is 0 Å². The number of carbonyl (C=O) groups excluding carboxylic acids is 2. The second-order valence-corrected chi connectivity index (χ2v) is 10.6. The maximum atomic E-state index is 14.6. The largest absolute Gasteiger partial charge is 0.493 e. The molecule has 0 spiro atoms. The second-order valence-electron chi connectivity index (χ2n) is 10.6. The zero-order valence-electron chi connectivity index (χ0n) is 24.1. The minimum Gasteiger partial charge on any atom is -0.493 e. The Kier molecular flexibility index (Phi) is 10.7. The first kappa shape index (κ1) is 30.0. The van der Waals surface area contributed by atoms with E-state index in [1.165, 1.54) is 18.3 Å². The summed E-state index contributed by atoms with van der Waals surface area (Å²) in [5.74, 6) is 0.618. The Balaban J connectivity index is 1.65. The van der Waals surface area contributed by atoms with Gasteiger partial charge in [-0.05, 0) is 79.9 Å². The van der Waals surface area contributed by atoms with Gasteiger partial charge in [-0.1, -0.05) is 26.0 Å². The molecule has 0 saturated heterocycles. The average molecular weight is 563 g/mol. The van der Waals surface area contributed by atoms with Crippen molar-refractivity contribution in [1.82, 2.24) is 14.8 Å². The first-order valence-electron chi connectivity index (χ1n) is 14.1. The number of aromatic nitrogens is 1. The predicted octanol–water partition coefficient (Wildman–Crippen LogP) is 5.04. The topological polar surface area (TPSA) is 75.2 Å². The number of fused-ring (bicyclic) bond motifs is 1. The van der Waals surface area contributed by atoms with E-state index in [1.54, 1.807) is 53.4 Å². The maximum Gasteiger partial charge on any atom is 0.260 e. The predicted molar refractivity (Wildman–Crippen MR) is 157 cm³/mol. The lowest BCUT2D eigenvalue weighted by atomic mass is 10.1. The zero-order valence-corrected chi connectivity index (χ0v) is 24.1. The highest BCUT2D eigenvalue weighted by molar-refractivity contribution is 6.06. The summed E-state index contributed by atoms with van der Waals surface area (Å²) in [6, 6.07) is 15.0. The number of carbonyl (C=O) groups is 2. The Morgan fingerprint density at radius 1 is 0.976 bits per heavy atom. The number of hydrogen-bond donors (Lipinski definition) is 0. The Hall–Kier alpha value is -3.98. The lowest BCUT2D eigenvalue weighted by Crippen LogP contribution is -2.40. The third kappa shape index (κ3) is 8.27. The van der Waals surface area contributed by atoms with Crippen LogP contribution in [0.1, 0.15) is 42.6 Å². The van der Waals surface area contributed by atoms with Crippen molar-refractivity contribution in [2.75, 3.05) is 51.3 Å². The highest BCUT2D eigenvalue weighted by Gasteiger charge is 2.25. The molecule has 2 amide bonds. The number of halogens is 1. The number of benzene rings is 2. The molecule has 41 heavy (non-hydrogen) atoms. The summed E-state index contributed by atoms with van der Waals surface area (Å²) < 4.78 is 25.8. The van der Waals surface area contributed by atoms with Gasteiger partial charge in [-0.15, -0.1) is 0 Å². The normalized spacial score (nSPS) is 15.0. The molecule has 0 fully saturated rings. The summed E-state index contributed by atoms with van der Waals surface area (Å²) in [5, 5.41) is 0. The van der Waals surface area contributed by atoms with Crippen LogP contribution in [0.2, 0.25) is 0 Å². The van der Waals surface area contributed by atoms with Crippen LogP contribution in [-0.4, -0.2) is 73.0 Å². The fourth-order valence-corrected chi connectivity index (χ4v) is 5.14. The van der Waals surface area contributed by atoms with Crippen molar-refractivity contribution >= 4 is 17.5 Å². The number of ether oxygens (including phenoxy) is 2. The molecule has 0 N–H and O–H groups in total. The number of anilines is 1. The monoisotopic (exact) mass is 562 g/mol. The van der Waals surface area contributed by atoms with Gasteiger partial charge in [-0.3, -0.25) is 14.6 Å². The van der Waals surface area contributed by atoms with Crippen LogP contribution in [0.25, 0.3) is 0 Å². The van der Waals surface area contributed by atoms with Gasteiger partial charge in [0.1, 0.15) is 5.82 Å². The van der Waals surface area contributed by atoms with Crippen molar-refractivity contribution in [3.8, 4) is 11.5 Å². The Morgan fingerprint density at radius 2 is 1.73 bits per heavy atom. The molecule has 0 atom stereocenters. The fraction of sp³-hybridized carbons (Fsp3) is 0.406. The first-order valence-corrected chi connectivity index (χ1v) is 14.1. The molecule has 1 aromatic heterocycles. The van der Waals surface area contributed by atoms with Crippen LogP contribution in [0.5, 0.6) is 11.5 Å². The minimum atomic E-state index is -0.426. The van der Waals surface area contributed by atoms with Crippen molar-refractivity contribution < 1.29 is 23.5 Å². The molecule has 0 aliphatic carbocycles. The molecular formula is C32H39FN4O4. The standard InChI is InChI=1S/C32H39FN4O4/c1-24(2)21-35-15-7-17-36(31(38)23-41-30-11-5-4-10-29(30)40-3)22-26-19-27(33)12-13-28(26)37(18-8-16-35)32(39)25-9-6-14-34-20-25/h4-6,9-14,19-20,24H,7-8,15-18,21-23H2,1-3H3. The van der Waals surface area contributed by atoms with E-state index in [0.29, 0.717) is 47.3 Å². The first-order chi connectivity index (χ1) is 19.9. The molecular weight excluding hydrogens is 523 g/mol. The molecule has 1 aliphatic rings. The quantitative estimate of drug-likeness (QED) is 0.402. The molecule has 2 aromatic carbocycles. The van der Waals surface area contributed by atoms with Crippen LogP contribution in [-0.2, 0) is 11.3 Å².